The molecule has 0 saturated carbocycles. The Hall–Kier alpha value is -1.61. The maximum Gasteiger partial charge on any atom is 0.223 e. The summed E-state index contributed by atoms with van der Waals surface area (Å²) in [4.78, 5) is 16.6. The van der Waals surface area contributed by atoms with Crippen molar-refractivity contribution in [1.29, 1.82) is 0 Å². The van der Waals surface area contributed by atoms with Gasteiger partial charge in [0.25, 0.3) is 0 Å². The van der Waals surface area contributed by atoms with Crippen molar-refractivity contribution in [2.45, 2.75) is 46.1 Å². The van der Waals surface area contributed by atoms with Gasteiger partial charge < -0.3 is 9.80 Å². The molecule has 0 spiro atoms. The Balaban J connectivity index is 1.96. The van der Waals surface area contributed by atoms with Crippen LogP contribution in [0, 0.1) is 5.92 Å². The first-order valence-electron chi connectivity index (χ1n) is 9.04. The summed E-state index contributed by atoms with van der Waals surface area (Å²) in [6.45, 7) is 11.3. The summed E-state index contributed by atoms with van der Waals surface area (Å²) in [5, 5.41) is 0. The lowest BCUT2D eigenvalue weighted by Gasteiger charge is -2.32. The Kier molecular flexibility index (Phi) is 6.22. The molecule has 1 saturated heterocycles. The number of carbonyl (C=O) groups is 1. The van der Waals surface area contributed by atoms with Crippen molar-refractivity contribution in [3.63, 3.8) is 0 Å². The van der Waals surface area contributed by atoms with Gasteiger partial charge in [0.15, 0.2) is 0 Å². The van der Waals surface area contributed by atoms with Crippen LogP contribution in [0.1, 0.15) is 46.1 Å². The number of hydrogen-bond acceptors (Lipinski definition) is 2. The van der Waals surface area contributed by atoms with E-state index in [0.717, 1.165) is 26.1 Å². The summed E-state index contributed by atoms with van der Waals surface area (Å²) in [6, 6.07) is 10.6. The van der Waals surface area contributed by atoms with Gasteiger partial charge in [-0.25, -0.2) is 0 Å². The number of rotatable bonds is 6. The summed E-state index contributed by atoms with van der Waals surface area (Å²) < 4.78 is 0. The Morgan fingerprint density at radius 1 is 1.29 bits per heavy atom. The van der Waals surface area contributed by atoms with Crippen molar-refractivity contribution in [3.05, 3.63) is 42.0 Å². The molecule has 0 radical (unpaired) electrons. The minimum absolute atomic E-state index is 0.0677. The summed E-state index contributed by atoms with van der Waals surface area (Å²) in [7, 11) is 2.16. The van der Waals surface area contributed by atoms with E-state index < -0.39 is 0 Å². The highest BCUT2D eigenvalue weighted by molar-refractivity contribution is 5.79. The maximum atomic E-state index is 12.3. The van der Waals surface area contributed by atoms with Crippen molar-refractivity contribution >= 4 is 11.5 Å². The first-order valence-corrected chi connectivity index (χ1v) is 9.04. The maximum absolute atomic E-state index is 12.3. The van der Waals surface area contributed by atoms with Crippen LogP contribution in [-0.4, -0.2) is 47.9 Å². The van der Waals surface area contributed by atoms with Gasteiger partial charge in [0, 0.05) is 31.6 Å². The molecule has 24 heavy (non-hydrogen) atoms. The Bertz CT molecular complexity index is 571. The normalized spacial score (nSPS) is 19.4. The first-order chi connectivity index (χ1) is 11.3. The highest BCUT2D eigenvalue weighted by atomic mass is 16.2. The van der Waals surface area contributed by atoms with E-state index in [-0.39, 0.29) is 5.54 Å². The van der Waals surface area contributed by atoms with E-state index in [1.165, 1.54) is 11.1 Å². The number of amides is 1. The standard InChI is InChI=1S/C21H32N2O/c1-6-10-19(18-11-8-7-9-12-18)16-22(5)14-17-13-20(24)23(15-17)21(2,3)4/h7-12,17H,6,13-16H2,1-5H3/b19-10-. The highest BCUT2D eigenvalue weighted by Crippen LogP contribution is 2.26. The number of benzene rings is 1. The molecule has 0 aliphatic carbocycles. The smallest absolute Gasteiger partial charge is 0.223 e. The number of allylic oxidation sites excluding steroid dienone is 1. The third-order valence-electron chi connectivity index (χ3n) is 4.62. The minimum atomic E-state index is -0.0677. The van der Waals surface area contributed by atoms with Crippen molar-refractivity contribution in [2.24, 2.45) is 5.92 Å². The molecule has 3 heteroatoms. The van der Waals surface area contributed by atoms with Gasteiger partial charge in [0.05, 0.1) is 0 Å². The van der Waals surface area contributed by atoms with E-state index in [1.807, 2.05) is 4.90 Å². The zero-order valence-corrected chi connectivity index (χ0v) is 15.9. The lowest BCUT2D eigenvalue weighted by molar-refractivity contribution is -0.131. The Morgan fingerprint density at radius 2 is 1.96 bits per heavy atom. The topological polar surface area (TPSA) is 23.6 Å². The molecule has 1 unspecified atom stereocenters. The van der Waals surface area contributed by atoms with Gasteiger partial charge in [-0.1, -0.05) is 43.3 Å². The average Bonchev–Trinajstić information content (AvgIpc) is 2.88. The van der Waals surface area contributed by atoms with Crippen LogP contribution < -0.4 is 0 Å². The number of likely N-dealkylation sites (N-methyl/N-ethyl adjacent to an activating group) is 1. The predicted octanol–water partition coefficient (Wildman–Crippen LogP) is 4.06. The summed E-state index contributed by atoms with van der Waals surface area (Å²) >= 11 is 0. The van der Waals surface area contributed by atoms with Crippen LogP contribution in [0.3, 0.4) is 0 Å². The number of hydrogen-bond donors (Lipinski definition) is 0. The number of carbonyl (C=O) groups excluding carboxylic acids is 1. The third-order valence-corrected chi connectivity index (χ3v) is 4.62. The molecule has 1 amide bonds. The van der Waals surface area contributed by atoms with Crippen molar-refractivity contribution in [3.8, 4) is 0 Å². The minimum Gasteiger partial charge on any atom is -0.338 e. The molecule has 1 aliphatic rings. The van der Waals surface area contributed by atoms with Crippen LogP contribution in [0.5, 0.6) is 0 Å². The largest absolute Gasteiger partial charge is 0.338 e. The molecule has 1 aliphatic heterocycles. The monoisotopic (exact) mass is 328 g/mol. The van der Waals surface area contributed by atoms with Gasteiger partial charge in [-0.3, -0.25) is 4.79 Å². The summed E-state index contributed by atoms with van der Waals surface area (Å²) in [5.74, 6) is 0.730. The van der Waals surface area contributed by atoms with Crippen molar-refractivity contribution < 1.29 is 4.79 Å². The molecule has 3 nitrogen and oxygen atoms in total. The molecular weight excluding hydrogens is 296 g/mol. The molecule has 0 aromatic heterocycles. The third kappa shape index (κ3) is 4.94. The molecule has 0 bridgehead atoms. The molecule has 1 aromatic rings. The van der Waals surface area contributed by atoms with E-state index in [9.17, 15) is 4.79 Å². The van der Waals surface area contributed by atoms with Crippen LogP contribution >= 0.6 is 0 Å². The van der Waals surface area contributed by atoms with Crippen LogP contribution in [0.25, 0.3) is 5.57 Å². The molecule has 1 aromatic carbocycles. The zero-order valence-electron chi connectivity index (χ0n) is 15.9. The molecule has 1 atom stereocenters. The molecule has 1 heterocycles. The molecule has 132 valence electrons. The highest BCUT2D eigenvalue weighted by Gasteiger charge is 2.36. The molecule has 2 rings (SSSR count). The van der Waals surface area contributed by atoms with Crippen LogP contribution in [0.4, 0.5) is 0 Å². The Labute approximate surface area is 147 Å². The van der Waals surface area contributed by atoms with Gasteiger partial charge in [-0.2, -0.15) is 0 Å². The van der Waals surface area contributed by atoms with Gasteiger partial charge in [-0.15, -0.1) is 0 Å². The van der Waals surface area contributed by atoms with Crippen LogP contribution in [0.15, 0.2) is 36.4 Å². The van der Waals surface area contributed by atoms with Crippen LogP contribution in [0.2, 0.25) is 0 Å². The summed E-state index contributed by atoms with van der Waals surface area (Å²) in [6.07, 6.45) is 4.03. The fourth-order valence-corrected chi connectivity index (χ4v) is 3.52. The van der Waals surface area contributed by atoms with E-state index in [1.54, 1.807) is 0 Å². The fraction of sp³-hybridized carbons (Fsp3) is 0.571. The SMILES string of the molecule is CC/C=C(/CN(C)CC1CC(=O)N(C(C)(C)C)C1)c1ccccc1. The molecule has 1 fully saturated rings. The quantitative estimate of drug-likeness (QED) is 0.786. The van der Waals surface area contributed by atoms with Crippen LogP contribution in [-0.2, 0) is 4.79 Å². The lowest BCUT2D eigenvalue weighted by Crippen LogP contribution is -2.42. The lowest BCUT2D eigenvalue weighted by atomic mass is 10.0. The van der Waals surface area contributed by atoms with E-state index in [2.05, 4.69) is 76.1 Å². The second-order valence-corrected chi connectivity index (χ2v) is 7.95. The van der Waals surface area contributed by atoms with E-state index in [4.69, 9.17) is 0 Å². The van der Waals surface area contributed by atoms with Gasteiger partial charge in [0.2, 0.25) is 5.91 Å². The van der Waals surface area contributed by atoms with E-state index in [0.29, 0.717) is 18.2 Å². The second kappa shape index (κ2) is 7.98. The molecular formula is C21H32N2O. The first kappa shape index (κ1) is 18.7. The van der Waals surface area contributed by atoms with Crippen molar-refractivity contribution in [2.75, 3.05) is 26.7 Å². The fourth-order valence-electron chi connectivity index (χ4n) is 3.52. The van der Waals surface area contributed by atoms with Gasteiger partial charge in [0.1, 0.15) is 0 Å². The second-order valence-electron chi connectivity index (χ2n) is 7.95. The van der Waals surface area contributed by atoms with E-state index >= 15 is 0 Å². The van der Waals surface area contributed by atoms with Gasteiger partial charge >= 0.3 is 0 Å². The Morgan fingerprint density at radius 3 is 2.50 bits per heavy atom. The van der Waals surface area contributed by atoms with Crippen molar-refractivity contribution in [1.82, 2.24) is 9.80 Å². The average molecular weight is 328 g/mol. The summed E-state index contributed by atoms with van der Waals surface area (Å²) in [5.41, 5.74) is 2.60. The molecule has 0 N–H and O–H groups in total. The number of likely N-dealkylation sites (tertiary alicyclic amines) is 1. The van der Waals surface area contributed by atoms with Gasteiger partial charge in [-0.05, 0) is 51.3 Å². The number of nitrogens with zero attached hydrogens (tertiary/aromatic N) is 2. The predicted molar refractivity (Wildman–Crippen MR) is 102 cm³/mol. The zero-order chi connectivity index (χ0) is 17.7.